The molecule has 4 heterocycles. The van der Waals surface area contributed by atoms with Crippen LogP contribution >= 0.6 is 11.3 Å². The van der Waals surface area contributed by atoms with E-state index >= 15 is 0 Å². The molecule has 0 aliphatic rings. The number of nitrogens with one attached hydrogen (secondary N) is 1. The molecule has 0 aliphatic heterocycles. The predicted molar refractivity (Wildman–Crippen MR) is 111 cm³/mol. The normalized spacial score (nSPS) is 11.8. The largest absolute Gasteiger partial charge is 0.323 e. The number of hydrogen-bond donors (Lipinski definition) is 1. The van der Waals surface area contributed by atoms with Crippen molar-refractivity contribution < 1.29 is 4.79 Å². The van der Waals surface area contributed by atoms with Gasteiger partial charge in [0.25, 0.3) is 5.56 Å². The van der Waals surface area contributed by atoms with E-state index in [0.29, 0.717) is 21.6 Å². The lowest BCUT2D eigenvalue weighted by Gasteiger charge is -2.11. The highest BCUT2D eigenvalue weighted by molar-refractivity contribution is 7.18. The fraction of sp³-hybridized carbons (Fsp3) is 0.368. The highest BCUT2D eigenvalue weighted by atomic mass is 32.1. The number of anilines is 1. The van der Waals surface area contributed by atoms with Gasteiger partial charge in [0.1, 0.15) is 23.1 Å². The second kappa shape index (κ2) is 7.36. The number of carbonyl (C=O) groups is 1. The van der Waals surface area contributed by atoms with Crippen molar-refractivity contribution in [3.63, 3.8) is 0 Å². The molecule has 1 amide bonds. The number of pyridine rings is 1. The van der Waals surface area contributed by atoms with E-state index in [1.807, 2.05) is 27.7 Å². The van der Waals surface area contributed by atoms with Crippen LogP contribution < -0.4 is 10.9 Å². The molecule has 0 aliphatic carbocycles. The molecule has 29 heavy (non-hydrogen) atoms. The lowest BCUT2D eigenvalue weighted by molar-refractivity contribution is -0.117. The Morgan fingerprint density at radius 2 is 2.00 bits per heavy atom. The molecule has 0 fully saturated rings. The molecule has 4 aromatic rings. The summed E-state index contributed by atoms with van der Waals surface area (Å²) in [5.74, 6) is -0.0449. The molecule has 0 spiro atoms. The van der Waals surface area contributed by atoms with E-state index in [1.54, 1.807) is 29.1 Å². The summed E-state index contributed by atoms with van der Waals surface area (Å²) < 4.78 is 3.48. The molecule has 10 heteroatoms. The van der Waals surface area contributed by atoms with Gasteiger partial charge in [0.15, 0.2) is 5.65 Å². The maximum Gasteiger partial charge on any atom is 0.286 e. The summed E-state index contributed by atoms with van der Waals surface area (Å²) in [6.07, 6.45) is 3.26. The van der Waals surface area contributed by atoms with Crippen LogP contribution in [0.5, 0.6) is 0 Å². The molecule has 0 radical (unpaired) electrons. The van der Waals surface area contributed by atoms with Gasteiger partial charge in [0.2, 0.25) is 5.91 Å². The van der Waals surface area contributed by atoms with Crippen molar-refractivity contribution in [3.05, 3.63) is 45.7 Å². The standard InChI is InChI=1S/C19H21N7O2S/c1-10(2)15-16-17(29-18(22-16)11(3)4)19(28)26(24-15)8-14(27)21-12-5-6-13-23-20-9-25(13)7-12/h5-7,9-11H,8H2,1-4H3,(H,21,27). The van der Waals surface area contributed by atoms with Gasteiger partial charge in [-0.1, -0.05) is 27.7 Å². The first-order valence-corrected chi connectivity index (χ1v) is 10.2. The third-order valence-corrected chi connectivity index (χ3v) is 5.80. The third kappa shape index (κ3) is 3.63. The molecule has 0 saturated carbocycles. The maximum absolute atomic E-state index is 12.9. The first-order valence-electron chi connectivity index (χ1n) is 9.34. The molecule has 0 atom stereocenters. The number of hydrogen-bond acceptors (Lipinski definition) is 7. The minimum absolute atomic E-state index is 0.0747. The highest BCUT2D eigenvalue weighted by Gasteiger charge is 2.20. The van der Waals surface area contributed by atoms with E-state index in [1.165, 1.54) is 16.0 Å². The second-order valence-electron chi connectivity index (χ2n) is 7.45. The van der Waals surface area contributed by atoms with Gasteiger partial charge >= 0.3 is 0 Å². The predicted octanol–water partition coefficient (Wildman–Crippen LogP) is 2.78. The zero-order chi connectivity index (χ0) is 20.7. The summed E-state index contributed by atoms with van der Waals surface area (Å²) in [5, 5.41) is 15.9. The Morgan fingerprint density at radius 1 is 1.21 bits per heavy atom. The van der Waals surface area contributed by atoms with Crippen molar-refractivity contribution >= 4 is 38.8 Å². The average Bonchev–Trinajstić information content (AvgIpc) is 3.30. The summed E-state index contributed by atoms with van der Waals surface area (Å²) in [4.78, 5) is 30.1. The smallest absolute Gasteiger partial charge is 0.286 e. The Morgan fingerprint density at radius 3 is 2.72 bits per heavy atom. The summed E-state index contributed by atoms with van der Waals surface area (Å²) in [6.45, 7) is 7.90. The van der Waals surface area contributed by atoms with Crippen molar-refractivity contribution in [2.75, 3.05) is 5.32 Å². The van der Waals surface area contributed by atoms with Crippen molar-refractivity contribution in [1.29, 1.82) is 0 Å². The molecule has 0 bridgehead atoms. The van der Waals surface area contributed by atoms with Crippen LogP contribution in [-0.2, 0) is 11.3 Å². The van der Waals surface area contributed by atoms with Crippen LogP contribution in [0.3, 0.4) is 0 Å². The third-order valence-electron chi connectivity index (χ3n) is 4.45. The zero-order valence-corrected chi connectivity index (χ0v) is 17.4. The molecular formula is C19H21N7O2S. The van der Waals surface area contributed by atoms with Gasteiger partial charge in [0.05, 0.1) is 16.4 Å². The Labute approximate surface area is 170 Å². The minimum Gasteiger partial charge on any atom is -0.323 e. The number of thiazole rings is 1. The Bertz CT molecular complexity index is 1270. The maximum atomic E-state index is 12.9. The molecule has 4 aromatic heterocycles. The summed E-state index contributed by atoms with van der Waals surface area (Å²) in [6, 6.07) is 3.49. The van der Waals surface area contributed by atoms with Crippen LogP contribution in [-0.4, -0.2) is 35.3 Å². The fourth-order valence-electron chi connectivity index (χ4n) is 2.98. The minimum atomic E-state index is -0.338. The van der Waals surface area contributed by atoms with Crippen molar-refractivity contribution in [2.45, 2.75) is 46.1 Å². The Kier molecular flexibility index (Phi) is 4.87. The zero-order valence-electron chi connectivity index (χ0n) is 16.6. The molecule has 0 saturated heterocycles. The number of amides is 1. The van der Waals surface area contributed by atoms with Crippen molar-refractivity contribution in [3.8, 4) is 0 Å². The van der Waals surface area contributed by atoms with Crippen LogP contribution in [0.1, 0.15) is 50.2 Å². The Hall–Kier alpha value is -3.14. The van der Waals surface area contributed by atoms with Gasteiger partial charge in [-0.3, -0.25) is 14.0 Å². The molecule has 9 nitrogen and oxygen atoms in total. The van der Waals surface area contributed by atoms with Crippen LogP contribution in [0.25, 0.3) is 15.9 Å². The quantitative estimate of drug-likeness (QED) is 0.541. The fourth-order valence-corrected chi connectivity index (χ4v) is 4.00. The van der Waals surface area contributed by atoms with E-state index in [4.69, 9.17) is 0 Å². The van der Waals surface area contributed by atoms with Gasteiger partial charge in [-0.05, 0) is 18.1 Å². The van der Waals surface area contributed by atoms with Crippen molar-refractivity contribution in [2.24, 2.45) is 0 Å². The van der Waals surface area contributed by atoms with Gasteiger partial charge in [-0.15, -0.1) is 21.5 Å². The molecule has 4 rings (SSSR count). The first kappa shape index (κ1) is 19.2. The van der Waals surface area contributed by atoms with E-state index in [0.717, 1.165) is 10.7 Å². The monoisotopic (exact) mass is 411 g/mol. The van der Waals surface area contributed by atoms with Gasteiger partial charge in [-0.25, -0.2) is 9.67 Å². The number of nitrogens with zero attached hydrogens (tertiary/aromatic N) is 6. The van der Waals surface area contributed by atoms with E-state index in [-0.39, 0.29) is 29.8 Å². The van der Waals surface area contributed by atoms with Crippen LogP contribution in [0.4, 0.5) is 5.69 Å². The van der Waals surface area contributed by atoms with Gasteiger partial charge < -0.3 is 5.32 Å². The van der Waals surface area contributed by atoms with E-state index in [2.05, 4.69) is 25.6 Å². The second-order valence-corrected chi connectivity index (χ2v) is 8.48. The molecule has 150 valence electrons. The van der Waals surface area contributed by atoms with Crippen molar-refractivity contribution in [1.82, 2.24) is 29.4 Å². The van der Waals surface area contributed by atoms with E-state index < -0.39 is 0 Å². The lowest BCUT2D eigenvalue weighted by Crippen LogP contribution is -2.30. The molecule has 0 aromatic carbocycles. The van der Waals surface area contributed by atoms with Crippen LogP contribution in [0.2, 0.25) is 0 Å². The number of aromatic nitrogens is 6. The Balaban J connectivity index is 1.66. The van der Waals surface area contributed by atoms with Gasteiger partial charge in [-0.2, -0.15) is 5.10 Å². The van der Waals surface area contributed by atoms with Gasteiger partial charge in [0, 0.05) is 12.1 Å². The average molecular weight is 411 g/mol. The number of rotatable bonds is 5. The first-order chi connectivity index (χ1) is 13.8. The van der Waals surface area contributed by atoms with E-state index in [9.17, 15) is 9.59 Å². The molecule has 0 unspecified atom stereocenters. The summed E-state index contributed by atoms with van der Waals surface area (Å²) in [5.41, 5.74) is 2.34. The lowest BCUT2D eigenvalue weighted by atomic mass is 10.1. The molecule has 1 N–H and O–H groups in total. The summed E-state index contributed by atoms with van der Waals surface area (Å²) >= 11 is 1.38. The van der Waals surface area contributed by atoms with Crippen LogP contribution in [0.15, 0.2) is 29.5 Å². The molecular weight excluding hydrogens is 390 g/mol. The summed E-state index contributed by atoms with van der Waals surface area (Å²) in [7, 11) is 0. The SMILES string of the molecule is CC(C)c1nc2c(C(C)C)nn(CC(=O)Nc3ccc4nncn4c3)c(=O)c2s1. The number of fused-ring (bicyclic) bond motifs is 2. The highest BCUT2D eigenvalue weighted by Crippen LogP contribution is 2.28. The number of carbonyl (C=O) groups excluding carboxylic acids is 1. The van der Waals surface area contributed by atoms with Crippen LogP contribution in [0, 0.1) is 0 Å². The topological polar surface area (TPSA) is 107 Å².